The lowest BCUT2D eigenvalue weighted by atomic mass is 10.2. The van der Waals surface area contributed by atoms with E-state index >= 15 is 0 Å². The number of aryl methyl sites for hydroxylation is 1. The summed E-state index contributed by atoms with van der Waals surface area (Å²) in [6, 6.07) is 22.1. The predicted octanol–water partition coefficient (Wildman–Crippen LogP) is 6.24. The highest BCUT2D eigenvalue weighted by Gasteiger charge is 2.07. The Hall–Kier alpha value is -2.65. The molecule has 140 valence electrons. The second-order valence-electron chi connectivity index (χ2n) is 6.35. The van der Waals surface area contributed by atoms with Crippen molar-refractivity contribution in [2.75, 3.05) is 11.9 Å². The molecule has 0 atom stereocenters. The van der Waals surface area contributed by atoms with E-state index in [2.05, 4.69) is 42.6 Å². The monoisotopic (exact) mass is 381 g/mol. The summed E-state index contributed by atoms with van der Waals surface area (Å²) in [7, 11) is 0. The number of hydrogen-bond donors (Lipinski definition) is 1. The fraction of sp³-hybridized carbons (Fsp3) is 0.217. The van der Waals surface area contributed by atoms with E-state index in [1.54, 1.807) is 0 Å². The van der Waals surface area contributed by atoms with Crippen molar-refractivity contribution in [3.8, 4) is 11.5 Å². The number of hydrogen-bond acceptors (Lipinski definition) is 3. The molecule has 3 aromatic carbocycles. The minimum atomic E-state index is 0.446. The third kappa shape index (κ3) is 5.66. The summed E-state index contributed by atoms with van der Waals surface area (Å²) in [6.07, 6.45) is 0. The van der Waals surface area contributed by atoms with Crippen molar-refractivity contribution in [1.82, 2.24) is 0 Å². The molecule has 1 N–H and O–H groups in total. The van der Waals surface area contributed by atoms with Crippen LogP contribution in [0.1, 0.15) is 23.6 Å². The van der Waals surface area contributed by atoms with E-state index in [9.17, 15) is 0 Å². The Balaban J connectivity index is 1.67. The standard InChI is InChI=1S/C23H24ClNO2/c1-3-26-23-14-18(15-25-21-10-7-17(2)8-11-21)9-12-22(23)27-16-19-5-4-6-20(24)13-19/h4-14,25H,3,15-16H2,1-2H3. The van der Waals surface area contributed by atoms with Gasteiger partial charge < -0.3 is 14.8 Å². The van der Waals surface area contributed by atoms with Crippen LogP contribution in [0.25, 0.3) is 0 Å². The second-order valence-corrected chi connectivity index (χ2v) is 6.79. The SMILES string of the molecule is CCOc1cc(CNc2ccc(C)cc2)ccc1OCc1cccc(Cl)c1. The van der Waals surface area contributed by atoms with Crippen molar-refractivity contribution >= 4 is 17.3 Å². The van der Waals surface area contributed by atoms with E-state index in [0.29, 0.717) is 18.2 Å². The first-order valence-corrected chi connectivity index (χ1v) is 9.45. The lowest BCUT2D eigenvalue weighted by molar-refractivity contribution is 0.269. The van der Waals surface area contributed by atoms with Crippen molar-refractivity contribution < 1.29 is 9.47 Å². The molecule has 0 aliphatic heterocycles. The van der Waals surface area contributed by atoms with Gasteiger partial charge >= 0.3 is 0 Å². The van der Waals surface area contributed by atoms with Crippen LogP contribution in [-0.4, -0.2) is 6.61 Å². The summed E-state index contributed by atoms with van der Waals surface area (Å²) in [5.74, 6) is 1.48. The van der Waals surface area contributed by atoms with E-state index in [1.807, 2.05) is 43.3 Å². The highest BCUT2D eigenvalue weighted by atomic mass is 35.5. The molecule has 0 aromatic heterocycles. The maximum absolute atomic E-state index is 6.04. The molecule has 0 bridgehead atoms. The first-order valence-electron chi connectivity index (χ1n) is 9.07. The quantitative estimate of drug-likeness (QED) is 0.501. The van der Waals surface area contributed by atoms with Crippen LogP contribution >= 0.6 is 11.6 Å². The molecule has 3 rings (SSSR count). The summed E-state index contributed by atoms with van der Waals surface area (Å²) < 4.78 is 11.7. The van der Waals surface area contributed by atoms with Gasteiger partial charge in [-0.1, -0.05) is 47.5 Å². The fourth-order valence-corrected chi connectivity index (χ4v) is 2.93. The first-order chi connectivity index (χ1) is 13.1. The van der Waals surface area contributed by atoms with Crippen molar-refractivity contribution in [1.29, 1.82) is 0 Å². The van der Waals surface area contributed by atoms with Crippen molar-refractivity contribution in [3.63, 3.8) is 0 Å². The van der Waals surface area contributed by atoms with Gasteiger partial charge in [-0.2, -0.15) is 0 Å². The van der Waals surface area contributed by atoms with Gasteiger partial charge in [0.2, 0.25) is 0 Å². The zero-order valence-electron chi connectivity index (χ0n) is 15.7. The highest BCUT2D eigenvalue weighted by Crippen LogP contribution is 2.30. The normalized spacial score (nSPS) is 10.5. The fourth-order valence-electron chi connectivity index (χ4n) is 2.71. The summed E-state index contributed by atoms with van der Waals surface area (Å²) in [6.45, 7) is 5.81. The molecule has 0 unspecified atom stereocenters. The maximum Gasteiger partial charge on any atom is 0.161 e. The number of ether oxygens (including phenoxy) is 2. The van der Waals surface area contributed by atoms with E-state index in [4.69, 9.17) is 21.1 Å². The Morgan fingerprint density at radius 1 is 0.852 bits per heavy atom. The van der Waals surface area contributed by atoms with Crippen molar-refractivity contribution in [3.05, 3.63) is 88.4 Å². The number of anilines is 1. The second kappa shape index (κ2) is 9.33. The molecule has 0 aliphatic rings. The molecule has 4 heteroatoms. The number of benzene rings is 3. The number of rotatable bonds is 8. The molecule has 0 aliphatic carbocycles. The molecule has 3 nitrogen and oxygen atoms in total. The van der Waals surface area contributed by atoms with Crippen LogP contribution in [0.15, 0.2) is 66.7 Å². The zero-order valence-corrected chi connectivity index (χ0v) is 16.4. The predicted molar refractivity (Wildman–Crippen MR) is 112 cm³/mol. The van der Waals surface area contributed by atoms with Gasteiger partial charge in [-0.25, -0.2) is 0 Å². The average molecular weight is 382 g/mol. The Morgan fingerprint density at radius 2 is 1.67 bits per heavy atom. The molecular formula is C23H24ClNO2. The molecule has 27 heavy (non-hydrogen) atoms. The van der Waals surface area contributed by atoms with E-state index in [1.165, 1.54) is 5.56 Å². The molecule has 0 fully saturated rings. The highest BCUT2D eigenvalue weighted by molar-refractivity contribution is 6.30. The van der Waals surface area contributed by atoms with Gasteiger partial charge in [0.15, 0.2) is 11.5 Å². The van der Waals surface area contributed by atoms with Gasteiger partial charge in [-0.3, -0.25) is 0 Å². The number of halogens is 1. The zero-order chi connectivity index (χ0) is 19.1. The topological polar surface area (TPSA) is 30.5 Å². The summed E-state index contributed by atoms with van der Waals surface area (Å²) in [4.78, 5) is 0. The third-order valence-electron chi connectivity index (χ3n) is 4.14. The molecule has 0 amide bonds. The van der Waals surface area contributed by atoms with Crippen LogP contribution in [-0.2, 0) is 13.2 Å². The molecule has 0 radical (unpaired) electrons. The summed E-state index contributed by atoms with van der Waals surface area (Å²) >= 11 is 6.04. The first kappa shape index (κ1) is 19.1. The Labute approximate surface area is 165 Å². The van der Waals surface area contributed by atoms with Gasteiger partial charge in [0.25, 0.3) is 0 Å². The molecular weight excluding hydrogens is 358 g/mol. The van der Waals surface area contributed by atoms with Gasteiger partial charge in [0, 0.05) is 17.3 Å². The Bertz CT molecular complexity index is 878. The molecule has 3 aromatic rings. The Kier molecular flexibility index (Phi) is 6.61. The molecule has 0 heterocycles. The van der Waals surface area contributed by atoms with Gasteiger partial charge in [0.1, 0.15) is 6.61 Å². The molecule has 0 saturated carbocycles. The van der Waals surface area contributed by atoms with Crippen LogP contribution in [0.5, 0.6) is 11.5 Å². The van der Waals surface area contributed by atoms with Crippen LogP contribution in [0.3, 0.4) is 0 Å². The van der Waals surface area contributed by atoms with Crippen molar-refractivity contribution in [2.45, 2.75) is 27.0 Å². The largest absolute Gasteiger partial charge is 0.490 e. The summed E-state index contributed by atoms with van der Waals surface area (Å²) in [5.41, 5.74) is 4.50. The maximum atomic E-state index is 6.04. The average Bonchev–Trinajstić information content (AvgIpc) is 2.67. The Morgan fingerprint density at radius 3 is 2.41 bits per heavy atom. The van der Waals surface area contributed by atoms with Gasteiger partial charge in [-0.15, -0.1) is 0 Å². The van der Waals surface area contributed by atoms with E-state index in [0.717, 1.165) is 34.9 Å². The lowest BCUT2D eigenvalue weighted by Gasteiger charge is -2.14. The minimum Gasteiger partial charge on any atom is -0.490 e. The summed E-state index contributed by atoms with van der Waals surface area (Å²) in [5, 5.41) is 4.14. The molecule has 0 spiro atoms. The lowest BCUT2D eigenvalue weighted by Crippen LogP contribution is -2.03. The van der Waals surface area contributed by atoms with E-state index < -0.39 is 0 Å². The van der Waals surface area contributed by atoms with Crippen LogP contribution in [0.4, 0.5) is 5.69 Å². The van der Waals surface area contributed by atoms with Crippen LogP contribution < -0.4 is 14.8 Å². The third-order valence-corrected chi connectivity index (χ3v) is 4.37. The van der Waals surface area contributed by atoms with Crippen molar-refractivity contribution in [2.24, 2.45) is 0 Å². The smallest absolute Gasteiger partial charge is 0.161 e. The number of nitrogens with one attached hydrogen (secondary N) is 1. The van der Waals surface area contributed by atoms with E-state index in [-0.39, 0.29) is 0 Å². The van der Waals surface area contributed by atoms with Gasteiger partial charge in [-0.05, 0) is 61.4 Å². The molecule has 0 saturated heterocycles. The minimum absolute atomic E-state index is 0.446. The van der Waals surface area contributed by atoms with Gasteiger partial charge in [0.05, 0.1) is 6.61 Å². The van der Waals surface area contributed by atoms with Crippen LogP contribution in [0, 0.1) is 6.92 Å². The van der Waals surface area contributed by atoms with Crippen LogP contribution in [0.2, 0.25) is 5.02 Å².